The van der Waals surface area contributed by atoms with E-state index in [4.69, 9.17) is 0 Å². The van der Waals surface area contributed by atoms with Gasteiger partial charge in [-0.05, 0) is 31.9 Å². The topological polar surface area (TPSA) is 93.9 Å². The van der Waals surface area contributed by atoms with Crippen LogP contribution < -0.4 is 10.6 Å². The van der Waals surface area contributed by atoms with Crippen LogP contribution in [-0.4, -0.2) is 27.7 Å². The fraction of sp³-hybridized carbons (Fsp3) is 0.353. The van der Waals surface area contributed by atoms with Gasteiger partial charge in [-0.3, -0.25) is 0 Å². The van der Waals surface area contributed by atoms with Gasteiger partial charge in [0.2, 0.25) is 5.95 Å². The summed E-state index contributed by atoms with van der Waals surface area (Å²) in [6.45, 7) is 1.88. The predicted octanol–water partition coefficient (Wildman–Crippen LogP) is 2.76. The minimum atomic E-state index is -0.122. The zero-order valence-electron chi connectivity index (χ0n) is 13.0. The molecule has 1 fully saturated rings. The highest BCUT2D eigenvalue weighted by molar-refractivity contribution is 5.65. The number of aliphatic hydroxyl groups excluding tert-OH is 1. The van der Waals surface area contributed by atoms with E-state index in [0.29, 0.717) is 23.2 Å². The number of anilines is 3. The van der Waals surface area contributed by atoms with Gasteiger partial charge in [0, 0.05) is 18.0 Å². The van der Waals surface area contributed by atoms with Crippen LogP contribution >= 0.6 is 0 Å². The molecule has 3 N–H and O–H groups in total. The Morgan fingerprint density at radius 2 is 2.13 bits per heavy atom. The second-order valence-electron chi connectivity index (χ2n) is 5.79. The smallest absolute Gasteiger partial charge is 0.225 e. The molecule has 0 aliphatic heterocycles. The van der Waals surface area contributed by atoms with E-state index in [1.807, 2.05) is 31.2 Å². The average Bonchev–Trinajstić information content (AvgIpc) is 3.40. The van der Waals surface area contributed by atoms with E-state index >= 15 is 0 Å². The number of hydrogen-bond acceptors (Lipinski definition) is 6. The standard InChI is InChI=1S/C17H19N5O/c1-11(10-23)19-17-21-15(12-6-7-12)8-16(22-17)20-14-5-3-2-4-13(14)9-18/h2-5,8,11-12,23H,6-7,10H2,1H3,(H2,19,20,21,22)/t11-/m1/s1. The van der Waals surface area contributed by atoms with Crippen LogP contribution in [0.5, 0.6) is 0 Å². The summed E-state index contributed by atoms with van der Waals surface area (Å²) >= 11 is 0. The fourth-order valence-electron chi connectivity index (χ4n) is 2.28. The lowest BCUT2D eigenvalue weighted by Gasteiger charge is -2.14. The van der Waals surface area contributed by atoms with Crippen LogP contribution in [0, 0.1) is 11.3 Å². The summed E-state index contributed by atoms with van der Waals surface area (Å²) in [7, 11) is 0. The Balaban J connectivity index is 1.90. The molecular formula is C17H19N5O. The Hall–Kier alpha value is -2.65. The summed E-state index contributed by atoms with van der Waals surface area (Å²) in [5.41, 5.74) is 2.28. The maximum absolute atomic E-state index is 9.19. The predicted molar refractivity (Wildman–Crippen MR) is 88.6 cm³/mol. The quantitative estimate of drug-likeness (QED) is 0.759. The molecule has 0 amide bonds. The molecule has 1 aromatic heterocycles. The van der Waals surface area contributed by atoms with Crippen LogP contribution in [0.15, 0.2) is 30.3 Å². The van der Waals surface area contributed by atoms with Gasteiger partial charge in [-0.25, -0.2) is 4.98 Å². The lowest BCUT2D eigenvalue weighted by molar-refractivity contribution is 0.281. The third kappa shape index (κ3) is 3.76. The van der Waals surface area contributed by atoms with Crippen molar-refractivity contribution < 1.29 is 5.11 Å². The number of nitriles is 1. The lowest BCUT2D eigenvalue weighted by atomic mass is 10.2. The molecule has 0 unspecified atom stereocenters. The molecule has 1 heterocycles. The number of para-hydroxylation sites is 1. The molecule has 1 aliphatic carbocycles. The van der Waals surface area contributed by atoms with Gasteiger partial charge < -0.3 is 15.7 Å². The summed E-state index contributed by atoms with van der Waals surface area (Å²) in [6.07, 6.45) is 2.28. The maximum atomic E-state index is 9.19. The number of nitrogens with one attached hydrogen (secondary N) is 2. The molecule has 0 radical (unpaired) electrons. The molecule has 2 aromatic rings. The van der Waals surface area contributed by atoms with Gasteiger partial charge in [0.25, 0.3) is 0 Å². The Morgan fingerprint density at radius 1 is 1.35 bits per heavy atom. The Kier molecular flexibility index (Phi) is 4.40. The molecule has 1 atom stereocenters. The van der Waals surface area contributed by atoms with Gasteiger partial charge in [-0.1, -0.05) is 12.1 Å². The van der Waals surface area contributed by atoms with E-state index in [9.17, 15) is 10.4 Å². The molecule has 1 aliphatic rings. The highest BCUT2D eigenvalue weighted by Gasteiger charge is 2.26. The number of aliphatic hydroxyl groups is 1. The Labute approximate surface area is 135 Å². The van der Waals surface area contributed by atoms with Crippen LogP contribution in [0.25, 0.3) is 0 Å². The number of aromatic nitrogens is 2. The minimum absolute atomic E-state index is 0.0110. The number of rotatable bonds is 6. The summed E-state index contributed by atoms with van der Waals surface area (Å²) in [5.74, 6) is 1.62. The summed E-state index contributed by atoms with van der Waals surface area (Å²) in [5, 5.41) is 24.7. The van der Waals surface area contributed by atoms with Crippen molar-refractivity contribution in [3.05, 3.63) is 41.6 Å². The molecule has 23 heavy (non-hydrogen) atoms. The van der Waals surface area contributed by atoms with Crippen molar-refractivity contribution in [3.8, 4) is 6.07 Å². The van der Waals surface area contributed by atoms with E-state index in [1.165, 1.54) is 0 Å². The van der Waals surface area contributed by atoms with Crippen LogP contribution in [0.2, 0.25) is 0 Å². The van der Waals surface area contributed by atoms with Gasteiger partial charge in [-0.15, -0.1) is 0 Å². The minimum Gasteiger partial charge on any atom is -0.394 e. The molecule has 0 saturated heterocycles. The number of hydrogen-bond donors (Lipinski definition) is 3. The van der Waals surface area contributed by atoms with Crippen molar-refractivity contribution in [1.29, 1.82) is 5.26 Å². The second-order valence-corrected chi connectivity index (χ2v) is 5.79. The summed E-state index contributed by atoms with van der Waals surface area (Å²) in [6, 6.07) is 11.3. The van der Waals surface area contributed by atoms with Crippen molar-refractivity contribution in [2.24, 2.45) is 0 Å². The first kappa shape index (κ1) is 15.3. The largest absolute Gasteiger partial charge is 0.394 e. The molecule has 6 nitrogen and oxygen atoms in total. The van der Waals surface area contributed by atoms with Gasteiger partial charge in [0.1, 0.15) is 11.9 Å². The number of nitrogens with zero attached hydrogens (tertiary/aromatic N) is 3. The zero-order chi connectivity index (χ0) is 16.2. The number of benzene rings is 1. The molecular weight excluding hydrogens is 290 g/mol. The van der Waals surface area contributed by atoms with Crippen molar-refractivity contribution in [2.45, 2.75) is 31.7 Å². The van der Waals surface area contributed by atoms with Crippen molar-refractivity contribution >= 4 is 17.5 Å². The van der Waals surface area contributed by atoms with E-state index in [-0.39, 0.29) is 12.6 Å². The lowest BCUT2D eigenvalue weighted by Crippen LogP contribution is -2.21. The molecule has 3 rings (SSSR count). The Morgan fingerprint density at radius 3 is 2.83 bits per heavy atom. The van der Waals surface area contributed by atoms with E-state index < -0.39 is 0 Å². The second kappa shape index (κ2) is 6.63. The van der Waals surface area contributed by atoms with Crippen LogP contribution in [-0.2, 0) is 0 Å². The van der Waals surface area contributed by atoms with E-state index in [0.717, 1.165) is 24.2 Å². The first-order valence-electron chi connectivity index (χ1n) is 7.72. The van der Waals surface area contributed by atoms with Crippen LogP contribution in [0.1, 0.15) is 36.9 Å². The fourth-order valence-corrected chi connectivity index (χ4v) is 2.28. The third-order valence-electron chi connectivity index (χ3n) is 3.70. The van der Waals surface area contributed by atoms with Crippen LogP contribution in [0.4, 0.5) is 17.5 Å². The first-order chi connectivity index (χ1) is 11.2. The van der Waals surface area contributed by atoms with Crippen molar-refractivity contribution in [1.82, 2.24) is 9.97 Å². The SMILES string of the molecule is C[C@H](CO)Nc1nc(Nc2ccccc2C#N)cc(C2CC2)n1. The molecule has 0 bridgehead atoms. The zero-order valence-corrected chi connectivity index (χ0v) is 13.0. The normalized spacial score (nSPS) is 14.8. The van der Waals surface area contributed by atoms with E-state index in [1.54, 1.807) is 6.07 Å². The third-order valence-corrected chi connectivity index (χ3v) is 3.70. The monoisotopic (exact) mass is 309 g/mol. The highest BCUT2D eigenvalue weighted by Crippen LogP contribution is 2.40. The summed E-state index contributed by atoms with van der Waals surface area (Å²) in [4.78, 5) is 8.98. The van der Waals surface area contributed by atoms with Gasteiger partial charge >= 0.3 is 0 Å². The van der Waals surface area contributed by atoms with Gasteiger partial charge in [0.15, 0.2) is 0 Å². The van der Waals surface area contributed by atoms with Crippen LogP contribution in [0.3, 0.4) is 0 Å². The molecule has 1 aromatic carbocycles. The van der Waals surface area contributed by atoms with E-state index in [2.05, 4.69) is 26.7 Å². The molecule has 1 saturated carbocycles. The Bertz CT molecular complexity index is 736. The van der Waals surface area contributed by atoms with Gasteiger partial charge in [0.05, 0.1) is 23.6 Å². The average molecular weight is 309 g/mol. The molecule has 6 heteroatoms. The first-order valence-corrected chi connectivity index (χ1v) is 7.72. The molecule has 0 spiro atoms. The van der Waals surface area contributed by atoms with Crippen molar-refractivity contribution in [3.63, 3.8) is 0 Å². The summed E-state index contributed by atoms with van der Waals surface area (Å²) < 4.78 is 0. The van der Waals surface area contributed by atoms with Crippen molar-refractivity contribution in [2.75, 3.05) is 17.2 Å². The van der Waals surface area contributed by atoms with Gasteiger partial charge in [-0.2, -0.15) is 10.2 Å². The molecule has 118 valence electrons. The highest BCUT2D eigenvalue weighted by atomic mass is 16.3. The maximum Gasteiger partial charge on any atom is 0.225 e.